The summed E-state index contributed by atoms with van der Waals surface area (Å²) in [5, 5.41) is 10.8. The Balaban J connectivity index is 3.04. The lowest BCUT2D eigenvalue weighted by molar-refractivity contribution is 0.475. The summed E-state index contributed by atoms with van der Waals surface area (Å²) in [4.78, 5) is 0. The molecule has 0 spiro atoms. The van der Waals surface area contributed by atoms with Crippen molar-refractivity contribution in [2.45, 2.75) is 0 Å². The van der Waals surface area contributed by atoms with Crippen molar-refractivity contribution in [1.29, 1.82) is 0 Å². The van der Waals surface area contributed by atoms with Crippen molar-refractivity contribution in [2.75, 3.05) is 0 Å². The Hall–Kier alpha value is -1.18. The summed E-state index contributed by atoms with van der Waals surface area (Å²) < 4.78 is 20.8. The van der Waals surface area contributed by atoms with E-state index >= 15 is 0 Å². The Kier molecular flexibility index (Phi) is 2.81. The van der Waals surface area contributed by atoms with Crippen LogP contribution < -0.4 is 0 Å². The van der Waals surface area contributed by atoms with Crippen molar-refractivity contribution in [3.63, 3.8) is 0 Å². The van der Waals surface area contributed by atoms with E-state index in [1.807, 2.05) is 5.25 Å². The van der Waals surface area contributed by atoms with E-state index in [-0.39, 0.29) is 5.75 Å². The Labute approximate surface area is 80.4 Å². The smallest absolute Gasteiger partial charge is 0.301 e. The van der Waals surface area contributed by atoms with Gasteiger partial charge in [0.15, 0.2) is 0 Å². The van der Waals surface area contributed by atoms with Gasteiger partial charge in [-0.25, -0.2) is 0 Å². The molecule has 0 heterocycles. The molecule has 0 aliphatic carbocycles. The number of aromatic hydroxyl groups is 1. The van der Waals surface area contributed by atoms with E-state index in [0.29, 0.717) is 5.56 Å². The topological polar surface area (TPSA) is 54.4 Å². The van der Waals surface area contributed by atoms with Gasteiger partial charge >= 0.3 is 9.05 Å². The highest BCUT2D eigenvalue weighted by atomic mass is 35.7. The van der Waals surface area contributed by atoms with Gasteiger partial charge < -0.3 is 5.11 Å². The van der Waals surface area contributed by atoms with Crippen molar-refractivity contribution in [3.05, 3.63) is 29.8 Å². The van der Waals surface area contributed by atoms with Crippen molar-refractivity contribution in [2.24, 2.45) is 0 Å². The fourth-order valence-electron chi connectivity index (χ4n) is 0.704. The molecule has 1 aromatic rings. The molecular weight excluding hydrogens is 212 g/mol. The SMILES string of the molecule is O=S(=O)(Cl)C#Cc1cccc(O)c1. The number of benzene rings is 1. The number of hydrogen-bond donors (Lipinski definition) is 1. The molecule has 5 heteroatoms. The molecule has 0 amide bonds. The van der Waals surface area contributed by atoms with E-state index in [1.54, 1.807) is 12.1 Å². The number of halogens is 1. The van der Waals surface area contributed by atoms with Gasteiger partial charge in [-0.15, -0.1) is 0 Å². The van der Waals surface area contributed by atoms with Gasteiger partial charge in [-0.2, -0.15) is 8.42 Å². The normalized spacial score (nSPS) is 10.2. The van der Waals surface area contributed by atoms with Crippen LogP contribution in [0.4, 0.5) is 0 Å². The minimum atomic E-state index is -3.81. The predicted octanol–water partition coefficient (Wildman–Crippen LogP) is 1.27. The van der Waals surface area contributed by atoms with Crippen LogP contribution in [-0.2, 0) is 9.05 Å². The third-order valence-electron chi connectivity index (χ3n) is 1.16. The van der Waals surface area contributed by atoms with Crippen molar-refractivity contribution in [3.8, 4) is 16.9 Å². The van der Waals surface area contributed by atoms with Crippen molar-refractivity contribution in [1.82, 2.24) is 0 Å². The summed E-state index contributed by atoms with van der Waals surface area (Å²) in [6.07, 6.45) is 0. The van der Waals surface area contributed by atoms with Crippen LogP contribution in [0.5, 0.6) is 5.75 Å². The molecule has 0 saturated heterocycles. The zero-order valence-electron chi connectivity index (χ0n) is 6.36. The highest BCUT2D eigenvalue weighted by molar-refractivity contribution is 8.17. The molecule has 0 bridgehead atoms. The van der Waals surface area contributed by atoms with E-state index in [9.17, 15) is 8.42 Å². The van der Waals surface area contributed by atoms with E-state index < -0.39 is 9.05 Å². The van der Waals surface area contributed by atoms with Gasteiger partial charge in [0.2, 0.25) is 0 Å². The molecule has 0 unspecified atom stereocenters. The van der Waals surface area contributed by atoms with Crippen LogP contribution in [0.2, 0.25) is 0 Å². The number of phenols is 1. The van der Waals surface area contributed by atoms with E-state index in [4.69, 9.17) is 15.8 Å². The first-order valence-corrected chi connectivity index (χ1v) is 5.55. The number of phenolic OH excluding ortho intramolecular Hbond substituents is 1. The molecule has 1 N–H and O–H groups in total. The van der Waals surface area contributed by atoms with Crippen LogP contribution in [0, 0.1) is 11.2 Å². The van der Waals surface area contributed by atoms with Gasteiger partial charge in [0, 0.05) is 21.5 Å². The summed E-state index contributed by atoms with van der Waals surface area (Å²) in [7, 11) is 1.05. The van der Waals surface area contributed by atoms with Gasteiger partial charge in [0.1, 0.15) is 5.75 Å². The second-order valence-electron chi connectivity index (χ2n) is 2.22. The second kappa shape index (κ2) is 3.69. The summed E-state index contributed by atoms with van der Waals surface area (Å²) in [6, 6.07) is 5.92. The van der Waals surface area contributed by atoms with Crippen LogP contribution >= 0.6 is 10.7 Å². The van der Waals surface area contributed by atoms with Gasteiger partial charge in [-0.3, -0.25) is 0 Å². The first kappa shape index (κ1) is 9.90. The van der Waals surface area contributed by atoms with E-state index in [1.165, 1.54) is 12.1 Å². The fourth-order valence-corrected chi connectivity index (χ4v) is 1.06. The molecular formula is C8H5ClO3S. The number of rotatable bonds is 0. The maximum Gasteiger partial charge on any atom is 0.301 e. The molecule has 0 radical (unpaired) electrons. The summed E-state index contributed by atoms with van der Waals surface area (Å²) in [5.41, 5.74) is 0.393. The molecule has 0 aliphatic rings. The lowest BCUT2D eigenvalue weighted by atomic mass is 10.2. The van der Waals surface area contributed by atoms with E-state index in [2.05, 4.69) is 5.92 Å². The zero-order valence-corrected chi connectivity index (χ0v) is 7.93. The third-order valence-corrected chi connectivity index (χ3v) is 1.74. The molecule has 0 atom stereocenters. The molecule has 13 heavy (non-hydrogen) atoms. The summed E-state index contributed by atoms with van der Waals surface area (Å²) in [6.45, 7) is 0. The standard InChI is InChI=1S/C8H5ClO3S/c9-13(11,12)5-4-7-2-1-3-8(10)6-7/h1-3,6,10H. The summed E-state index contributed by atoms with van der Waals surface area (Å²) in [5.74, 6) is 2.32. The van der Waals surface area contributed by atoms with Crippen molar-refractivity contribution >= 4 is 19.7 Å². The monoisotopic (exact) mass is 216 g/mol. The summed E-state index contributed by atoms with van der Waals surface area (Å²) >= 11 is 0. The molecule has 1 rings (SSSR count). The average Bonchev–Trinajstić information content (AvgIpc) is 2.00. The van der Waals surface area contributed by atoms with Crippen LogP contribution in [0.1, 0.15) is 5.56 Å². The Bertz CT molecular complexity index is 468. The van der Waals surface area contributed by atoms with Crippen molar-refractivity contribution < 1.29 is 13.5 Å². The Morgan fingerprint density at radius 3 is 2.62 bits per heavy atom. The van der Waals surface area contributed by atoms with Crippen LogP contribution in [0.25, 0.3) is 0 Å². The average molecular weight is 217 g/mol. The second-order valence-corrected chi connectivity index (χ2v) is 4.51. The van der Waals surface area contributed by atoms with Gasteiger partial charge in [0.25, 0.3) is 0 Å². The number of hydrogen-bond acceptors (Lipinski definition) is 3. The molecule has 0 aromatic heterocycles. The van der Waals surface area contributed by atoms with Gasteiger partial charge in [-0.1, -0.05) is 6.07 Å². The Morgan fingerprint density at radius 2 is 2.08 bits per heavy atom. The van der Waals surface area contributed by atoms with Crippen LogP contribution in [0.15, 0.2) is 24.3 Å². The highest BCUT2D eigenvalue weighted by Crippen LogP contribution is 2.09. The first-order valence-electron chi connectivity index (χ1n) is 3.24. The van der Waals surface area contributed by atoms with Gasteiger partial charge in [-0.05, 0) is 24.1 Å². The molecule has 1 aromatic carbocycles. The molecule has 0 fully saturated rings. The maximum absolute atomic E-state index is 10.4. The largest absolute Gasteiger partial charge is 0.508 e. The van der Waals surface area contributed by atoms with Crippen LogP contribution in [-0.4, -0.2) is 13.5 Å². The third kappa shape index (κ3) is 3.83. The first-order chi connectivity index (χ1) is 5.97. The lowest BCUT2D eigenvalue weighted by Crippen LogP contribution is -1.80. The quantitative estimate of drug-likeness (QED) is 0.525. The fraction of sp³-hybridized carbons (Fsp3) is 0. The molecule has 68 valence electrons. The minimum Gasteiger partial charge on any atom is -0.508 e. The highest BCUT2D eigenvalue weighted by Gasteiger charge is 1.96. The van der Waals surface area contributed by atoms with E-state index in [0.717, 1.165) is 0 Å². The predicted molar refractivity (Wildman–Crippen MR) is 49.8 cm³/mol. The molecule has 0 saturated carbocycles. The van der Waals surface area contributed by atoms with Gasteiger partial charge in [0.05, 0.1) is 0 Å². The molecule has 0 aliphatic heterocycles. The minimum absolute atomic E-state index is 0.0266. The molecule has 3 nitrogen and oxygen atoms in total. The zero-order chi connectivity index (χ0) is 9.90. The van der Waals surface area contributed by atoms with Crippen LogP contribution in [0.3, 0.4) is 0 Å². The maximum atomic E-state index is 10.4. The Morgan fingerprint density at radius 1 is 1.38 bits per heavy atom. The lowest BCUT2D eigenvalue weighted by Gasteiger charge is -1.90.